The Labute approximate surface area is 130 Å². The minimum absolute atomic E-state index is 0.0165. The number of hydrogen-bond donors (Lipinski definition) is 1. The number of ether oxygens (including phenoxy) is 1. The molecule has 2 aliphatic carbocycles. The zero-order valence-electron chi connectivity index (χ0n) is 14.3. The van der Waals surface area contributed by atoms with Gasteiger partial charge in [-0.2, -0.15) is 0 Å². The fourth-order valence-electron chi connectivity index (χ4n) is 4.05. The highest BCUT2D eigenvalue weighted by atomic mass is 16.5. The number of carbonyl (C=O) groups excluding carboxylic acids is 1. The lowest BCUT2D eigenvalue weighted by molar-refractivity contribution is -0.151. The Hall–Kier alpha value is -0.570. The summed E-state index contributed by atoms with van der Waals surface area (Å²) < 4.78 is 5.20. The molecule has 0 aromatic heterocycles. The second kappa shape index (κ2) is 7.13. The number of carbonyl (C=O) groups is 1. The fraction of sp³-hybridized carbons (Fsp3) is 0.944. The zero-order chi connectivity index (χ0) is 15.5. The molecule has 0 bridgehead atoms. The molecule has 3 atom stereocenters. The molecule has 1 N–H and O–H groups in total. The van der Waals surface area contributed by atoms with Crippen LogP contribution in [-0.4, -0.2) is 24.7 Å². The molecule has 0 aromatic carbocycles. The molecule has 0 aliphatic heterocycles. The summed E-state index contributed by atoms with van der Waals surface area (Å²) in [6, 6.07) is 1.28. The predicted octanol–water partition coefficient (Wildman–Crippen LogP) is 3.91. The average molecular weight is 295 g/mol. The smallest absolute Gasteiger partial charge is 0.309 e. The lowest BCUT2D eigenvalue weighted by Crippen LogP contribution is -2.45. The molecule has 3 heteroatoms. The van der Waals surface area contributed by atoms with Crippen molar-refractivity contribution in [2.45, 2.75) is 84.7 Å². The molecule has 2 rings (SSSR count). The second-order valence-corrected chi connectivity index (χ2v) is 7.95. The van der Waals surface area contributed by atoms with E-state index in [0.29, 0.717) is 30.0 Å². The van der Waals surface area contributed by atoms with E-state index in [1.165, 1.54) is 25.7 Å². The molecule has 0 unspecified atom stereocenters. The highest BCUT2D eigenvalue weighted by Crippen LogP contribution is 2.36. The number of esters is 1. The largest absolute Gasteiger partial charge is 0.466 e. The summed E-state index contributed by atoms with van der Waals surface area (Å²) in [5.41, 5.74) is 0.535. The maximum Gasteiger partial charge on any atom is 0.309 e. The predicted molar refractivity (Wildman–Crippen MR) is 86.1 cm³/mol. The third-order valence-electron chi connectivity index (χ3n) is 5.57. The maximum atomic E-state index is 11.9. The monoisotopic (exact) mass is 295 g/mol. The van der Waals surface area contributed by atoms with Gasteiger partial charge in [-0.3, -0.25) is 4.79 Å². The van der Waals surface area contributed by atoms with Crippen LogP contribution in [0.5, 0.6) is 0 Å². The summed E-state index contributed by atoms with van der Waals surface area (Å²) in [6.07, 6.45) is 8.49. The van der Waals surface area contributed by atoms with E-state index in [-0.39, 0.29) is 11.9 Å². The third kappa shape index (κ3) is 4.70. The molecule has 0 amide bonds. The topological polar surface area (TPSA) is 38.3 Å². The van der Waals surface area contributed by atoms with E-state index >= 15 is 0 Å². The van der Waals surface area contributed by atoms with Crippen LogP contribution in [-0.2, 0) is 9.53 Å². The number of nitrogens with one attached hydrogen (secondary N) is 1. The van der Waals surface area contributed by atoms with Crippen LogP contribution in [0.3, 0.4) is 0 Å². The molecule has 3 nitrogen and oxygen atoms in total. The Morgan fingerprint density at radius 1 is 1.14 bits per heavy atom. The quantitative estimate of drug-likeness (QED) is 0.799. The Balaban J connectivity index is 1.76. The van der Waals surface area contributed by atoms with Crippen molar-refractivity contribution >= 4 is 5.97 Å². The molecule has 0 heterocycles. The van der Waals surface area contributed by atoms with E-state index in [1.807, 2.05) is 6.92 Å². The van der Waals surface area contributed by atoms with Crippen molar-refractivity contribution in [3.8, 4) is 0 Å². The Bertz CT molecular complexity index is 343. The first kappa shape index (κ1) is 16.8. The van der Waals surface area contributed by atoms with Crippen LogP contribution >= 0.6 is 0 Å². The molecule has 2 fully saturated rings. The first-order valence-electron chi connectivity index (χ1n) is 8.84. The van der Waals surface area contributed by atoms with Crippen LogP contribution in [0.4, 0.5) is 0 Å². The molecular weight excluding hydrogens is 262 g/mol. The van der Waals surface area contributed by atoms with E-state index in [2.05, 4.69) is 26.1 Å². The average Bonchev–Trinajstić information content (AvgIpc) is 2.41. The molecule has 0 saturated heterocycles. The third-order valence-corrected chi connectivity index (χ3v) is 5.57. The van der Waals surface area contributed by atoms with Crippen molar-refractivity contribution < 1.29 is 9.53 Å². The van der Waals surface area contributed by atoms with E-state index < -0.39 is 0 Å². The summed E-state index contributed by atoms with van der Waals surface area (Å²) in [4.78, 5) is 11.9. The fourth-order valence-corrected chi connectivity index (χ4v) is 4.05. The van der Waals surface area contributed by atoms with Gasteiger partial charge in [0.05, 0.1) is 12.5 Å². The van der Waals surface area contributed by atoms with Crippen molar-refractivity contribution in [1.29, 1.82) is 0 Å². The van der Waals surface area contributed by atoms with Gasteiger partial charge in [0, 0.05) is 12.1 Å². The molecule has 2 aliphatic rings. The van der Waals surface area contributed by atoms with Gasteiger partial charge in [-0.15, -0.1) is 0 Å². The van der Waals surface area contributed by atoms with Crippen LogP contribution in [0.2, 0.25) is 0 Å². The first-order chi connectivity index (χ1) is 9.91. The van der Waals surface area contributed by atoms with Crippen LogP contribution in [0.25, 0.3) is 0 Å². The number of hydrogen-bond acceptors (Lipinski definition) is 3. The first-order valence-corrected chi connectivity index (χ1v) is 8.84. The van der Waals surface area contributed by atoms with Crippen molar-refractivity contribution in [2.75, 3.05) is 6.61 Å². The van der Waals surface area contributed by atoms with Crippen molar-refractivity contribution in [2.24, 2.45) is 17.3 Å². The normalized spacial score (nSPS) is 33.6. The van der Waals surface area contributed by atoms with Gasteiger partial charge in [-0.1, -0.05) is 20.8 Å². The van der Waals surface area contributed by atoms with Crippen LogP contribution < -0.4 is 5.32 Å². The minimum atomic E-state index is 0.0165. The molecule has 21 heavy (non-hydrogen) atoms. The summed E-state index contributed by atoms with van der Waals surface area (Å²) in [5.74, 6) is 0.575. The molecule has 2 saturated carbocycles. The van der Waals surface area contributed by atoms with E-state index in [4.69, 9.17) is 4.74 Å². The van der Waals surface area contributed by atoms with Gasteiger partial charge < -0.3 is 10.1 Å². The van der Waals surface area contributed by atoms with Crippen molar-refractivity contribution in [3.63, 3.8) is 0 Å². The van der Waals surface area contributed by atoms with E-state index in [1.54, 1.807) is 0 Å². The van der Waals surface area contributed by atoms with Crippen LogP contribution in [0.1, 0.15) is 72.6 Å². The highest BCUT2D eigenvalue weighted by Gasteiger charge is 2.35. The summed E-state index contributed by atoms with van der Waals surface area (Å²) in [5, 5.41) is 3.87. The van der Waals surface area contributed by atoms with Crippen molar-refractivity contribution in [1.82, 2.24) is 5.32 Å². The van der Waals surface area contributed by atoms with E-state index in [0.717, 1.165) is 19.3 Å². The lowest BCUT2D eigenvalue weighted by atomic mass is 9.74. The second-order valence-electron chi connectivity index (χ2n) is 7.95. The van der Waals surface area contributed by atoms with Gasteiger partial charge in [0.1, 0.15) is 0 Å². The molecule has 0 radical (unpaired) electrons. The van der Waals surface area contributed by atoms with Crippen LogP contribution in [0.15, 0.2) is 0 Å². The summed E-state index contributed by atoms with van der Waals surface area (Å²) in [6.45, 7) is 9.37. The van der Waals surface area contributed by atoms with Crippen molar-refractivity contribution in [3.05, 3.63) is 0 Å². The summed E-state index contributed by atoms with van der Waals surface area (Å²) >= 11 is 0. The SMILES string of the molecule is CCOC(=O)[C@@H]1CC[C@@H](NC2CCC(C)(C)CC2)C[C@@H]1C. The molecule has 122 valence electrons. The highest BCUT2D eigenvalue weighted by molar-refractivity contribution is 5.72. The lowest BCUT2D eigenvalue weighted by Gasteiger charge is -2.39. The standard InChI is InChI=1S/C18H33NO2/c1-5-21-17(20)16-7-6-15(12-13(16)2)19-14-8-10-18(3,4)11-9-14/h13-16,19H,5-12H2,1-4H3/t13-,15+,16+/m0/s1. The number of rotatable bonds is 4. The van der Waals surface area contributed by atoms with Gasteiger partial charge in [0.2, 0.25) is 0 Å². The Morgan fingerprint density at radius 3 is 2.38 bits per heavy atom. The zero-order valence-corrected chi connectivity index (χ0v) is 14.3. The molecule has 0 aromatic rings. The van der Waals surface area contributed by atoms with Gasteiger partial charge in [-0.05, 0) is 63.2 Å². The van der Waals surface area contributed by atoms with Gasteiger partial charge in [-0.25, -0.2) is 0 Å². The Morgan fingerprint density at radius 2 is 1.81 bits per heavy atom. The minimum Gasteiger partial charge on any atom is -0.466 e. The van der Waals surface area contributed by atoms with Gasteiger partial charge >= 0.3 is 5.97 Å². The Kier molecular flexibility index (Phi) is 5.70. The van der Waals surface area contributed by atoms with Crippen LogP contribution in [0, 0.1) is 17.3 Å². The van der Waals surface area contributed by atoms with Gasteiger partial charge in [0.15, 0.2) is 0 Å². The molecule has 0 spiro atoms. The van der Waals surface area contributed by atoms with Gasteiger partial charge in [0.25, 0.3) is 0 Å². The van der Waals surface area contributed by atoms with E-state index in [9.17, 15) is 4.79 Å². The molecular formula is C18H33NO2. The maximum absolute atomic E-state index is 11.9. The summed E-state index contributed by atoms with van der Waals surface area (Å²) in [7, 11) is 0.